The Bertz CT molecular complexity index is 1000. The summed E-state index contributed by atoms with van der Waals surface area (Å²) >= 11 is 7.58. The van der Waals surface area contributed by atoms with Crippen LogP contribution in [0.3, 0.4) is 0 Å². The SMILES string of the molecule is Cc1ccc(OCC(=O)Nc2ccc(NC(=O)c3cccs3)c(Cl)c2)cc1C. The maximum atomic E-state index is 12.1. The molecule has 0 spiro atoms. The Morgan fingerprint density at radius 2 is 1.86 bits per heavy atom. The molecule has 0 unspecified atom stereocenters. The minimum Gasteiger partial charge on any atom is -0.484 e. The predicted octanol–water partition coefficient (Wildman–Crippen LogP) is 5.29. The van der Waals surface area contributed by atoms with Crippen LogP contribution >= 0.6 is 22.9 Å². The van der Waals surface area contributed by atoms with E-state index < -0.39 is 0 Å². The van der Waals surface area contributed by atoms with Crippen molar-refractivity contribution in [3.8, 4) is 5.75 Å². The maximum Gasteiger partial charge on any atom is 0.265 e. The van der Waals surface area contributed by atoms with Crippen LogP contribution in [0.15, 0.2) is 53.9 Å². The summed E-state index contributed by atoms with van der Waals surface area (Å²) in [6.45, 7) is 3.89. The Labute approximate surface area is 172 Å². The van der Waals surface area contributed by atoms with Gasteiger partial charge in [0.05, 0.1) is 15.6 Å². The van der Waals surface area contributed by atoms with Crippen LogP contribution in [0, 0.1) is 13.8 Å². The van der Waals surface area contributed by atoms with Crippen molar-refractivity contribution in [2.75, 3.05) is 17.2 Å². The van der Waals surface area contributed by atoms with Gasteiger partial charge in [-0.1, -0.05) is 23.7 Å². The molecular formula is C21H19ClN2O3S. The van der Waals surface area contributed by atoms with E-state index in [0.717, 1.165) is 11.1 Å². The van der Waals surface area contributed by atoms with Crippen LogP contribution in [0.5, 0.6) is 5.75 Å². The predicted molar refractivity (Wildman–Crippen MR) is 114 cm³/mol. The lowest BCUT2D eigenvalue weighted by atomic mass is 10.1. The zero-order valence-electron chi connectivity index (χ0n) is 15.4. The van der Waals surface area contributed by atoms with Crippen molar-refractivity contribution >= 4 is 46.1 Å². The summed E-state index contributed by atoms with van der Waals surface area (Å²) in [5.74, 6) is 0.114. The third-order valence-electron chi connectivity index (χ3n) is 4.09. The van der Waals surface area contributed by atoms with E-state index >= 15 is 0 Å². The molecule has 0 saturated heterocycles. The highest BCUT2D eigenvalue weighted by Gasteiger charge is 2.11. The second kappa shape index (κ2) is 8.91. The Hall–Kier alpha value is -2.83. The Morgan fingerprint density at radius 3 is 2.54 bits per heavy atom. The topological polar surface area (TPSA) is 67.4 Å². The molecule has 2 amide bonds. The van der Waals surface area contributed by atoms with Gasteiger partial charge in [-0.3, -0.25) is 9.59 Å². The molecule has 0 saturated carbocycles. The van der Waals surface area contributed by atoms with E-state index in [2.05, 4.69) is 10.6 Å². The van der Waals surface area contributed by atoms with Crippen LogP contribution in [0.1, 0.15) is 20.8 Å². The van der Waals surface area contributed by atoms with E-state index in [1.807, 2.05) is 37.4 Å². The average molecular weight is 415 g/mol. The van der Waals surface area contributed by atoms with Crippen LogP contribution in [-0.4, -0.2) is 18.4 Å². The standard InChI is InChI=1S/C21H19ClN2O3S/c1-13-5-7-16(10-14(13)2)27-12-20(25)23-15-6-8-18(17(22)11-15)24-21(26)19-4-3-9-28-19/h3-11H,12H2,1-2H3,(H,23,25)(H,24,26). The van der Waals surface area contributed by atoms with Crippen molar-refractivity contribution in [3.63, 3.8) is 0 Å². The van der Waals surface area contributed by atoms with Crippen molar-refractivity contribution < 1.29 is 14.3 Å². The normalized spacial score (nSPS) is 10.4. The smallest absolute Gasteiger partial charge is 0.265 e. The molecule has 0 aliphatic carbocycles. The number of benzene rings is 2. The van der Waals surface area contributed by atoms with Crippen LogP contribution in [0.2, 0.25) is 5.02 Å². The molecule has 0 aliphatic rings. The number of thiophene rings is 1. The molecule has 144 valence electrons. The minimum atomic E-state index is -0.301. The number of amides is 2. The molecule has 2 N–H and O–H groups in total. The fourth-order valence-corrected chi connectivity index (χ4v) is 3.28. The van der Waals surface area contributed by atoms with Crippen molar-refractivity contribution in [2.24, 2.45) is 0 Å². The zero-order valence-corrected chi connectivity index (χ0v) is 17.0. The van der Waals surface area contributed by atoms with E-state index in [0.29, 0.717) is 27.0 Å². The van der Waals surface area contributed by atoms with Crippen LogP contribution in [0.25, 0.3) is 0 Å². The Balaban J connectivity index is 1.56. The van der Waals surface area contributed by atoms with Gasteiger partial charge in [-0.05, 0) is 66.8 Å². The van der Waals surface area contributed by atoms with Gasteiger partial charge >= 0.3 is 0 Å². The lowest BCUT2D eigenvalue weighted by molar-refractivity contribution is -0.118. The molecule has 0 aliphatic heterocycles. The van der Waals surface area contributed by atoms with Crippen molar-refractivity contribution in [2.45, 2.75) is 13.8 Å². The number of nitrogens with one attached hydrogen (secondary N) is 2. The largest absolute Gasteiger partial charge is 0.484 e. The molecule has 0 atom stereocenters. The van der Waals surface area contributed by atoms with Gasteiger partial charge in [0.2, 0.25) is 0 Å². The van der Waals surface area contributed by atoms with Crippen LogP contribution < -0.4 is 15.4 Å². The lowest BCUT2D eigenvalue weighted by Crippen LogP contribution is -2.20. The summed E-state index contributed by atoms with van der Waals surface area (Å²) in [7, 11) is 0. The highest BCUT2D eigenvalue weighted by atomic mass is 35.5. The quantitative estimate of drug-likeness (QED) is 0.576. The van der Waals surface area contributed by atoms with Gasteiger partial charge in [-0.25, -0.2) is 0 Å². The molecule has 3 aromatic rings. The number of rotatable bonds is 6. The lowest BCUT2D eigenvalue weighted by Gasteiger charge is -2.11. The first-order valence-electron chi connectivity index (χ1n) is 8.56. The summed E-state index contributed by atoms with van der Waals surface area (Å²) in [6.07, 6.45) is 0. The Kier molecular flexibility index (Phi) is 6.34. The second-order valence-corrected chi connectivity index (χ2v) is 7.56. The van der Waals surface area contributed by atoms with E-state index in [1.165, 1.54) is 11.3 Å². The highest BCUT2D eigenvalue weighted by Crippen LogP contribution is 2.26. The fraction of sp³-hybridized carbons (Fsp3) is 0.143. The van der Waals surface area contributed by atoms with Gasteiger partial charge in [0.15, 0.2) is 6.61 Å². The molecule has 0 radical (unpaired) electrons. The van der Waals surface area contributed by atoms with Crippen LogP contribution in [-0.2, 0) is 4.79 Å². The number of carbonyl (C=O) groups excluding carboxylic acids is 2. The molecule has 28 heavy (non-hydrogen) atoms. The van der Waals surface area contributed by atoms with Gasteiger partial charge < -0.3 is 15.4 Å². The van der Waals surface area contributed by atoms with Gasteiger partial charge in [0.25, 0.3) is 11.8 Å². The first kappa shape index (κ1) is 19.9. The first-order chi connectivity index (χ1) is 13.4. The number of hydrogen-bond donors (Lipinski definition) is 2. The summed E-state index contributed by atoms with van der Waals surface area (Å²) in [6, 6.07) is 14.1. The number of ether oxygens (including phenoxy) is 1. The average Bonchev–Trinajstić information content (AvgIpc) is 3.20. The van der Waals surface area contributed by atoms with Crippen molar-refractivity contribution in [3.05, 3.63) is 74.9 Å². The van der Waals surface area contributed by atoms with Gasteiger partial charge in [-0.15, -0.1) is 11.3 Å². The minimum absolute atomic E-state index is 0.114. The number of carbonyl (C=O) groups is 2. The van der Waals surface area contributed by atoms with Crippen LogP contribution in [0.4, 0.5) is 11.4 Å². The number of halogens is 1. The fourth-order valence-electron chi connectivity index (χ4n) is 2.44. The number of aryl methyl sites for hydroxylation is 2. The summed E-state index contributed by atoms with van der Waals surface area (Å²) in [5.41, 5.74) is 3.26. The molecule has 2 aromatic carbocycles. The summed E-state index contributed by atoms with van der Waals surface area (Å²) in [4.78, 5) is 24.8. The molecule has 7 heteroatoms. The van der Waals surface area contributed by atoms with Crippen molar-refractivity contribution in [1.29, 1.82) is 0 Å². The molecule has 1 heterocycles. The zero-order chi connectivity index (χ0) is 20.1. The molecule has 1 aromatic heterocycles. The maximum absolute atomic E-state index is 12.1. The second-order valence-electron chi connectivity index (χ2n) is 6.21. The van der Waals surface area contributed by atoms with Crippen molar-refractivity contribution in [1.82, 2.24) is 0 Å². The molecule has 3 rings (SSSR count). The van der Waals surface area contributed by atoms with E-state index in [1.54, 1.807) is 30.3 Å². The number of hydrogen-bond acceptors (Lipinski definition) is 4. The Morgan fingerprint density at radius 1 is 1.04 bits per heavy atom. The van der Waals surface area contributed by atoms with E-state index in [-0.39, 0.29) is 18.4 Å². The monoisotopic (exact) mass is 414 g/mol. The third-order valence-corrected chi connectivity index (χ3v) is 5.28. The summed E-state index contributed by atoms with van der Waals surface area (Å²) in [5, 5.41) is 7.64. The molecular weight excluding hydrogens is 396 g/mol. The number of anilines is 2. The molecule has 0 bridgehead atoms. The highest BCUT2D eigenvalue weighted by molar-refractivity contribution is 7.12. The van der Waals surface area contributed by atoms with Gasteiger partial charge in [-0.2, -0.15) is 0 Å². The van der Waals surface area contributed by atoms with E-state index in [9.17, 15) is 9.59 Å². The van der Waals surface area contributed by atoms with Gasteiger partial charge in [0, 0.05) is 5.69 Å². The van der Waals surface area contributed by atoms with Gasteiger partial charge in [0.1, 0.15) is 5.75 Å². The third kappa shape index (κ3) is 5.12. The molecule has 0 fully saturated rings. The first-order valence-corrected chi connectivity index (χ1v) is 9.82. The molecule has 5 nitrogen and oxygen atoms in total. The van der Waals surface area contributed by atoms with E-state index in [4.69, 9.17) is 16.3 Å². The summed E-state index contributed by atoms with van der Waals surface area (Å²) < 4.78 is 5.52.